The monoisotopic (exact) mass is 472 g/mol. The molecule has 3 heterocycles. The van der Waals surface area contributed by atoms with E-state index in [1.807, 2.05) is 18.2 Å². The number of likely N-dealkylation sites (N-methyl/N-ethyl adjacent to an activating group) is 1. The minimum absolute atomic E-state index is 0.112. The van der Waals surface area contributed by atoms with Crippen molar-refractivity contribution in [2.24, 2.45) is 7.05 Å². The van der Waals surface area contributed by atoms with Crippen LogP contribution in [0.2, 0.25) is 0 Å². The van der Waals surface area contributed by atoms with Crippen LogP contribution in [-0.4, -0.2) is 77.6 Å². The van der Waals surface area contributed by atoms with Crippen molar-refractivity contribution < 1.29 is 9.53 Å². The molecule has 170 valence electrons. The van der Waals surface area contributed by atoms with E-state index in [0.717, 1.165) is 49.3 Å². The number of aryl methyl sites for hydroxylation is 1. The average molecular weight is 473 g/mol. The molecule has 7 nitrogen and oxygen atoms in total. The lowest BCUT2D eigenvalue weighted by atomic mass is 10.1. The summed E-state index contributed by atoms with van der Waals surface area (Å²) in [5.74, 6) is -0.172. The molecule has 0 atom stereocenters. The van der Waals surface area contributed by atoms with Crippen LogP contribution in [0.5, 0.6) is 0 Å². The highest BCUT2D eigenvalue weighted by Gasteiger charge is 2.33. The average Bonchev–Trinajstić information content (AvgIpc) is 3.08. The van der Waals surface area contributed by atoms with Crippen molar-refractivity contribution >= 4 is 56.9 Å². The Morgan fingerprint density at radius 3 is 2.56 bits per heavy atom. The third kappa shape index (κ3) is 4.22. The number of nitrogens with zero attached hydrogens (tertiary/aromatic N) is 4. The maximum Gasteiger partial charge on any atom is 0.266 e. The molecule has 2 aliphatic heterocycles. The lowest BCUT2D eigenvalue weighted by Crippen LogP contribution is -2.47. The number of amides is 1. The molecular weight excluding hydrogens is 444 g/mol. The number of hydrogen-bond acceptors (Lipinski definition) is 7. The summed E-state index contributed by atoms with van der Waals surface area (Å²) in [6, 6.07) is 7.96. The van der Waals surface area contributed by atoms with Gasteiger partial charge in [-0.25, -0.2) is 0 Å². The highest BCUT2D eigenvalue weighted by Crippen LogP contribution is 2.36. The van der Waals surface area contributed by atoms with Crippen LogP contribution in [0.1, 0.15) is 12.5 Å². The second-order valence-corrected chi connectivity index (χ2v) is 9.57. The highest BCUT2D eigenvalue weighted by molar-refractivity contribution is 8.26. The number of carbonyl (C=O) groups excluding carboxylic acids is 1. The third-order valence-corrected chi connectivity index (χ3v) is 7.49. The molecule has 0 unspecified atom stereocenters. The predicted molar refractivity (Wildman–Crippen MR) is 135 cm³/mol. The van der Waals surface area contributed by atoms with Gasteiger partial charge < -0.3 is 19.1 Å². The zero-order valence-corrected chi connectivity index (χ0v) is 20.3. The number of benzene rings is 1. The molecule has 0 bridgehead atoms. The van der Waals surface area contributed by atoms with Crippen molar-refractivity contribution in [2.45, 2.75) is 6.92 Å². The number of carbonyl (C=O) groups is 1. The van der Waals surface area contributed by atoms with Crippen LogP contribution in [-0.2, 0) is 16.6 Å². The number of pyridine rings is 1. The maximum absolute atomic E-state index is 13.5. The first-order valence-corrected chi connectivity index (χ1v) is 12.0. The first-order chi connectivity index (χ1) is 15.5. The standard InChI is InChI=1S/C23H28N4O3S2/c1-4-25-9-11-26(12-10-25)20-16-7-5-6-8-18(16)24(2)21(28)17(20)15-19-22(29)27(13-14-30-3)23(31)32-19/h5-8,15H,4,9-14H2,1-3H3. The predicted octanol–water partition coefficient (Wildman–Crippen LogP) is 2.53. The van der Waals surface area contributed by atoms with Crippen LogP contribution in [0.4, 0.5) is 5.69 Å². The molecule has 2 aromatic rings. The topological polar surface area (TPSA) is 58.0 Å². The lowest BCUT2D eigenvalue weighted by molar-refractivity contribution is -0.122. The maximum atomic E-state index is 13.5. The molecule has 1 amide bonds. The van der Waals surface area contributed by atoms with Gasteiger partial charge in [-0.1, -0.05) is 49.1 Å². The summed E-state index contributed by atoms with van der Waals surface area (Å²) in [6.07, 6.45) is 1.74. The number of rotatable bonds is 6. The highest BCUT2D eigenvalue weighted by atomic mass is 32.2. The Bertz CT molecular complexity index is 1140. The molecule has 0 N–H and O–H groups in total. The van der Waals surface area contributed by atoms with E-state index in [1.54, 1.807) is 29.7 Å². The van der Waals surface area contributed by atoms with Crippen LogP contribution >= 0.6 is 24.0 Å². The number of thioether (sulfide) groups is 1. The number of ether oxygens (including phenoxy) is 1. The Morgan fingerprint density at radius 2 is 1.88 bits per heavy atom. The number of hydrogen-bond donors (Lipinski definition) is 0. The Hall–Kier alpha value is -2.20. The van der Waals surface area contributed by atoms with Crippen molar-refractivity contribution in [3.63, 3.8) is 0 Å². The van der Waals surface area contributed by atoms with Crippen molar-refractivity contribution in [3.8, 4) is 0 Å². The zero-order valence-electron chi connectivity index (χ0n) is 18.7. The SMILES string of the molecule is CCN1CCN(c2c(C=C3SC(=S)N(CCOC)C3=O)c(=O)n(C)c3ccccc23)CC1. The number of aromatic nitrogens is 1. The molecule has 2 fully saturated rings. The minimum Gasteiger partial charge on any atom is -0.383 e. The fourth-order valence-electron chi connectivity index (χ4n) is 4.27. The summed E-state index contributed by atoms with van der Waals surface area (Å²) in [7, 11) is 3.38. The molecule has 0 radical (unpaired) electrons. The van der Waals surface area contributed by atoms with Gasteiger partial charge in [0.1, 0.15) is 4.32 Å². The van der Waals surface area contributed by atoms with Crippen LogP contribution in [0.3, 0.4) is 0 Å². The molecule has 0 spiro atoms. The summed E-state index contributed by atoms with van der Waals surface area (Å²) in [5.41, 5.74) is 2.22. The van der Waals surface area contributed by atoms with Gasteiger partial charge in [-0.2, -0.15) is 0 Å². The molecule has 9 heteroatoms. The van der Waals surface area contributed by atoms with E-state index >= 15 is 0 Å². The molecule has 0 saturated carbocycles. The minimum atomic E-state index is -0.172. The van der Waals surface area contributed by atoms with Crippen LogP contribution in [0.15, 0.2) is 34.0 Å². The lowest BCUT2D eigenvalue weighted by Gasteiger charge is -2.37. The Labute approximate surface area is 197 Å². The van der Waals surface area contributed by atoms with Crippen molar-refractivity contribution in [1.82, 2.24) is 14.4 Å². The zero-order chi connectivity index (χ0) is 22.8. The third-order valence-electron chi connectivity index (χ3n) is 6.11. The number of thiocarbonyl (C=S) groups is 1. The van der Waals surface area contributed by atoms with E-state index in [4.69, 9.17) is 17.0 Å². The van der Waals surface area contributed by atoms with E-state index in [-0.39, 0.29) is 11.5 Å². The number of para-hydroxylation sites is 1. The van der Waals surface area contributed by atoms with E-state index in [2.05, 4.69) is 22.8 Å². The van der Waals surface area contributed by atoms with Crippen LogP contribution < -0.4 is 10.5 Å². The molecule has 1 aromatic heterocycles. The van der Waals surface area contributed by atoms with E-state index in [1.165, 1.54) is 11.8 Å². The van der Waals surface area contributed by atoms with Gasteiger partial charge >= 0.3 is 0 Å². The first-order valence-electron chi connectivity index (χ1n) is 10.8. The summed E-state index contributed by atoms with van der Waals surface area (Å²) in [6.45, 7) is 7.55. The summed E-state index contributed by atoms with van der Waals surface area (Å²) < 4.78 is 7.27. The summed E-state index contributed by atoms with van der Waals surface area (Å²) in [5, 5.41) is 1.01. The van der Waals surface area contributed by atoms with Gasteiger partial charge in [0, 0.05) is 45.7 Å². The van der Waals surface area contributed by atoms with Gasteiger partial charge in [-0.05, 0) is 18.7 Å². The first kappa shape index (κ1) is 23.0. The Balaban J connectivity index is 1.83. The number of fused-ring (bicyclic) bond motifs is 1. The van der Waals surface area contributed by atoms with Crippen molar-refractivity contribution in [2.75, 3.05) is 57.9 Å². The van der Waals surface area contributed by atoms with Gasteiger partial charge in [0.15, 0.2) is 0 Å². The number of anilines is 1. The molecule has 2 aliphatic rings. The van der Waals surface area contributed by atoms with Gasteiger partial charge in [0.2, 0.25) is 0 Å². The van der Waals surface area contributed by atoms with Gasteiger partial charge in [-0.3, -0.25) is 14.5 Å². The molecule has 2 saturated heterocycles. The van der Waals surface area contributed by atoms with Gasteiger partial charge in [0.25, 0.3) is 11.5 Å². The smallest absolute Gasteiger partial charge is 0.266 e. The Morgan fingerprint density at radius 1 is 1.16 bits per heavy atom. The molecule has 0 aliphatic carbocycles. The normalized spacial score (nSPS) is 19.0. The fourth-order valence-corrected chi connectivity index (χ4v) is 5.56. The van der Waals surface area contributed by atoms with E-state index < -0.39 is 0 Å². The fraction of sp³-hybridized carbons (Fsp3) is 0.435. The quantitative estimate of drug-likeness (QED) is 0.473. The molecule has 1 aromatic carbocycles. The van der Waals surface area contributed by atoms with Gasteiger partial charge in [-0.15, -0.1) is 0 Å². The van der Waals surface area contributed by atoms with Crippen molar-refractivity contribution in [1.29, 1.82) is 0 Å². The number of piperazine rings is 1. The number of methoxy groups -OCH3 is 1. The second-order valence-electron chi connectivity index (χ2n) is 7.89. The van der Waals surface area contributed by atoms with Crippen LogP contribution in [0.25, 0.3) is 17.0 Å². The van der Waals surface area contributed by atoms with Gasteiger partial charge in [0.05, 0.1) is 34.8 Å². The van der Waals surface area contributed by atoms with Crippen molar-refractivity contribution in [3.05, 3.63) is 45.1 Å². The second kappa shape index (κ2) is 9.74. The van der Waals surface area contributed by atoms with E-state index in [9.17, 15) is 9.59 Å². The van der Waals surface area contributed by atoms with E-state index in [0.29, 0.717) is 27.9 Å². The summed E-state index contributed by atoms with van der Waals surface area (Å²) >= 11 is 6.66. The molecule has 4 rings (SSSR count). The summed E-state index contributed by atoms with van der Waals surface area (Å²) in [4.78, 5) is 33.2. The van der Waals surface area contributed by atoms with Crippen LogP contribution in [0, 0.1) is 0 Å². The largest absolute Gasteiger partial charge is 0.383 e. The molecule has 32 heavy (non-hydrogen) atoms. The Kier molecular flexibility index (Phi) is 6.99. The molecular formula is C23H28N4O3S2.